The number of carboxylic acids is 2. The monoisotopic (exact) mass is 812 g/mol. The van der Waals surface area contributed by atoms with Crippen LogP contribution < -0.4 is 32.2 Å². The van der Waals surface area contributed by atoms with Crippen LogP contribution in [0.1, 0.15) is 86.6 Å². The fourth-order valence-electron chi connectivity index (χ4n) is 7.08. The molecule has 6 amide bonds. The second kappa shape index (κ2) is 19.6. The topological polar surface area (TPSA) is 271 Å². The number of aliphatic carboxylic acids is 2. The highest BCUT2D eigenvalue weighted by Crippen LogP contribution is 2.36. The maximum atomic E-state index is 14.4. The van der Waals surface area contributed by atoms with Gasteiger partial charge in [-0.1, -0.05) is 48.5 Å². The Balaban J connectivity index is 1.92. The van der Waals surface area contributed by atoms with Gasteiger partial charge in [0, 0.05) is 36.7 Å². The average molecular weight is 813 g/mol. The number of carboxylic acid groups (broad SMARTS) is 2. The van der Waals surface area contributed by atoms with Gasteiger partial charge in [0.2, 0.25) is 35.4 Å². The van der Waals surface area contributed by atoms with Gasteiger partial charge in [-0.15, -0.1) is 0 Å². The SMILES string of the molecule is CC(=O)N[C@H](C(=O)NC(CC(=O)O)C(=O)N[C@H](C(=O)N1CC[C@H](CC(C)(C)C)[C@H]1C(=O)NC(CC(=O)O)C(=O)Nc1ccc2c(C)cc(=O)oc2c1)C(C)C)C(C)C. The van der Waals surface area contributed by atoms with Crippen molar-refractivity contribution in [2.45, 2.75) is 118 Å². The van der Waals surface area contributed by atoms with Crippen molar-refractivity contribution < 1.29 is 53.0 Å². The van der Waals surface area contributed by atoms with E-state index in [1.165, 1.54) is 30.0 Å². The van der Waals surface area contributed by atoms with E-state index in [9.17, 15) is 53.4 Å². The minimum atomic E-state index is -1.64. The third kappa shape index (κ3) is 12.9. The zero-order chi connectivity index (χ0) is 43.8. The molecule has 58 heavy (non-hydrogen) atoms. The Morgan fingerprint density at radius 3 is 1.93 bits per heavy atom. The fraction of sp³-hybridized carbons (Fsp3) is 0.575. The number of anilines is 1. The van der Waals surface area contributed by atoms with E-state index in [-0.39, 0.29) is 23.2 Å². The highest BCUT2D eigenvalue weighted by atomic mass is 16.4. The summed E-state index contributed by atoms with van der Waals surface area (Å²) in [5.74, 6) is -8.97. The maximum Gasteiger partial charge on any atom is 0.336 e. The molecule has 318 valence electrons. The summed E-state index contributed by atoms with van der Waals surface area (Å²) < 4.78 is 5.25. The largest absolute Gasteiger partial charge is 0.481 e. The van der Waals surface area contributed by atoms with Crippen LogP contribution in [0.25, 0.3) is 11.0 Å². The molecule has 0 saturated carbocycles. The summed E-state index contributed by atoms with van der Waals surface area (Å²) >= 11 is 0. The van der Waals surface area contributed by atoms with Crippen LogP contribution in [0.15, 0.2) is 33.5 Å². The lowest BCUT2D eigenvalue weighted by Gasteiger charge is -2.34. The van der Waals surface area contributed by atoms with Crippen LogP contribution in [-0.2, 0) is 38.4 Å². The molecule has 6 atom stereocenters. The quantitative estimate of drug-likeness (QED) is 0.113. The Labute approximate surface area is 336 Å². The lowest BCUT2D eigenvalue weighted by molar-refractivity contribution is -0.146. The number of carbonyl (C=O) groups is 8. The lowest BCUT2D eigenvalue weighted by Crippen LogP contribution is -2.61. The number of likely N-dealkylation sites (tertiary alicyclic amines) is 1. The molecule has 18 heteroatoms. The number of hydrogen-bond donors (Lipinski definition) is 7. The van der Waals surface area contributed by atoms with Gasteiger partial charge in [0.05, 0.1) is 12.8 Å². The minimum Gasteiger partial charge on any atom is -0.481 e. The van der Waals surface area contributed by atoms with Crippen LogP contribution >= 0.6 is 0 Å². The van der Waals surface area contributed by atoms with E-state index in [1.807, 2.05) is 20.8 Å². The van der Waals surface area contributed by atoms with Crippen molar-refractivity contribution in [2.24, 2.45) is 23.2 Å². The van der Waals surface area contributed by atoms with E-state index in [0.29, 0.717) is 23.8 Å². The molecule has 1 saturated heterocycles. The number of rotatable bonds is 17. The van der Waals surface area contributed by atoms with Crippen LogP contribution in [-0.4, -0.2) is 99.2 Å². The Kier molecular flexibility index (Phi) is 15.7. The van der Waals surface area contributed by atoms with E-state index >= 15 is 0 Å². The summed E-state index contributed by atoms with van der Waals surface area (Å²) in [5, 5.41) is 32.5. The normalized spacial score (nSPS) is 17.5. The van der Waals surface area contributed by atoms with E-state index in [2.05, 4.69) is 26.6 Å². The average Bonchev–Trinajstić information content (AvgIpc) is 3.49. The van der Waals surface area contributed by atoms with Crippen molar-refractivity contribution in [1.82, 2.24) is 26.2 Å². The van der Waals surface area contributed by atoms with E-state index in [4.69, 9.17) is 4.42 Å². The number of hydrogen-bond acceptors (Lipinski definition) is 10. The molecular weight excluding hydrogens is 756 g/mol. The summed E-state index contributed by atoms with van der Waals surface area (Å²) in [6.07, 6.45) is -0.854. The van der Waals surface area contributed by atoms with Crippen molar-refractivity contribution in [2.75, 3.05) is 11.9 Å². The first-order chi connectivity index (χ1) is 26.9. The molecular formula is C40H56N6O12. The number of nitrogens with zero attached hydrogens (tertiary/aromatic N) is 1. The van der Waals surface area contributed by atoms with Crippen molar-refractivity contribution in [3.63, 3.8) is 0 Å². The minimum absolute atomic E-state index is 0.0658. The van der Waals surface area contributed by atoms with Gasteiger partial charge < -0.3 is 46.1 Å². The molecule has 0 aliphatic carbocycles. The molecule has 2 unspecified atom stereocenters. The Hall–Kier alpha value is -5.81. The van der Waals surface area contributed by atoms with Crippen molar-refractivity contribution >= 4 is 64.0 Å². The smallest absolute Gasteiger partial charge is 0.336 e. The third-order valence-electron chi connectivity index (χ3n) is 9.73. The van der Waals surface area contributed by atoms with Crippen LogP contribution in [0.5, 0.6) is 0 Å². The summed E-state index contributed by atoms with van der Waals surface area (Å²) in [4.78, 5) is 118. The standard InChI is InChI=1S/C40H56N6O12/c1-19(2)32(41-22(6)47)37(55)43-27(17-30(50)51)36(54)45-33(20(3)4)39(57)46-13-12-23(18-40(7,8)9)34(46)38(56)44-26(16-29(48)49)35(53)42-24-10-11-25-21(5)14-31(52)58-28(25)15-24/h10-11,14-15,19-20,23,26-27,32-34H,12-13,16-18H2,1-9H3,(H,41,47)(H,42,53)(H,43,55)(H,44,56)(H,45,54)(H,48,49)(H,50,51)/t23-,26?,27?,32+,33+,34+/m1/s1. The predicted octanol–water partition coefficient (Wildman–Crippen LogP) is 1.91. The summed E-state index contributed by atoms with van der Waals surface area (Å²) in [6.45, 7) is 15.4. The number of aryl methyl sites for hydroxylation is 1. The van der Waals surface area contributed by atoms with Crippen LogP contribution in [0.4, 0.5) is 5.69 Å². The van der Waals surface area contributed by atoms with E-state index in [0.717, 1.165) is 0 Å². The second-order valence-corrected chi connectivity index (χ2v) is 16.7. The zero-order valence-corrected chi connectivity index (χ0v) is 34.4. The molecule has 2 aromatic rings. The van der Waals surface area contributed by atoms with E-state index < -0.39 is 114 Å². The summed E-state index contributed by atoms with van der Waals surface area (Å²) in [7, 11) is 0. The Morgan fingerprint density at radius 2 is 1.40 bits per heavy atom. The van der Waals surface area contributed by atoms with Gasteiger partial charge in [-0.3, -0.25) is 38.4 Å². The Morgan fingerprint density at radius 1 is 0.810 bits per heavy atom. The van der Waals surface area contributed by atoms with Gasteiger partial charge in [0.25, 0.3) is 0 Å². The van der Waals surface area contributed by atoms with Gasteiger partial charge in [0.15, 0.2) is 0 Å². The summed E-state index contributed by atoms with van der Waals surface area (Å²) in [5.41, 5.74) is 0.0596. The highest BCUT2D eigenvalue weighted by molar-refractivity contribution is 6.02. The van der Waals surface area contributed by atoms with Crippen LogP contribution in [0.3, 0.4) is 0 Å². The van der Waals surface area contributed by atoms with Crippen molar-refractivity contribution in [3.05, 3.63) is 40.2 Å². The molecule has 2 heterocycles. The first-order valence-corrected chi connectivity index (χ1v) is 19.2. The maximum absolute atomic E-state index is 14.4. The number of amides is 6. The molecule has 0 radical (unpaired) electrons. The molecule has 1 aliphatic rings. The highest BCUT2D eigenvalue weighted by Gasteiger charge is 2.46. The number of carbonyl (C=O) groups excluding carboxylic acids is 6. The van der Waals surface area contributed by atoms with Gasteiger partial charge in [-0.2, -0.15) is 0 Å². The van der Waals surface area contributed by atoms with Crippen molar-refractivity contribution in [1.29, 1.82) is 0 Å². The number of fused-ring (bicyclic) bond motifs is 1. The second-order valence-electron chi connectivity index (χ2n) is 16.7. The Bertz CT molecular complexity index is 1970. The zero-order valence-electron chi connectivity index (χ0n) is 34.4. The molecule has 1 aromatic heterocycles. The molecule has 7 N–H and O–H groups in total. The van der Waals surface area contributed by atoms with Crippen LogP contribution in [0, 0.1) is 30.1 Å². The van der Waals surface area contributed by atoms with Gasteiger partial charge in [0.1, 0.15) is 35.8 Å². The van der Waals surface area contributed by atoms with Gasteiger partial charge >= 0.3 is 17.6 Å². The molecule has 1 aromatic carbocycles. The molecule has 3 rings (SSSR count). The molecule has 1 aliphatic heterocycles. The first-order valence-electron chi connectivity index (χ1n) is 19.2. The summed E-state index contributed by atoms with van der Waals surface area (Å²) in [6, 6.07) is -0.984. The van der Waals surface area contributed by atoms with Crippen LogP contribution in [0.2, 0.25) is 0 Å². The number of benzene rings is 1. The molecule has 0 spiro atoms. The molecule has 1 fully saturated rings. The fourth-order valence-corrected chi connectivity index (χ4v) is 7.08. The van der Waals surface area contributed by atoms with Crippen molar-refractivity contribution in [3.8, 4) is 0 Å². The molecule has 0 bridgehead atoms. The first kappa shape index (κ1) is 46.6. The third-order valence-corrected chi connectivity index (χ3v) is 9.73. The van der Waals surface area contributed by atoms with Gasteiger partial charge in [-0.05, 0) is 60.6 Å². The number of nitrogens with one attached hydrogen (secondary N) is 5. The van der Waals surface area contributed by atoms with Gasteiger partial charge in [-0.25, -0.2) is 4.79 Å². The lowest BCUT2D eigenvalue weighted by atomic mass is 9.81. The molecule has 18 nitrogen and oxygen atoms in total. The predicted molar refractivity (Wildman–Crippen MR) is 211 cm³/mol. The van der Waals surface area contributed by atoms with E-state index in [1.54, 1.807) is 40.7 Å².